The Morgan fingerprint density at radius 1 is 1.03 bits per heavy atom. The summed E-state index contributed by atoms with van der Waals surface area (Å²) in [5.74, 6) is 0.511. The Hall–Kier alpha value is -3.82. The number of amides is 1. The minimum atomic E-state index is -0.473. The maximum atomic E-state index is 13.0. The molecule has 0 N–H and O–H groups in total. The summed E-state index contributed by atoms with van der Waals surface area (Å²) >= 11 is 0. The van der Waals surface area contributed by atoms with Crippen LogP contribution >= 0.6 is 0 Å². The standard InChI is InChI=1S/C20H21N7O3/c1-14-3-5-16(6-4-14)26-15(2)19(22-23-26)20(28)25-11-9-24(10-12-25)18-8-7-17(13-21-18)27(29)30/h3-8,13H,9-12H2,1-2H3. The maximum absolute atomic E-state index is 13.0. The van der Waals surface area contributed by atoms with Crippen LogP contribution in [-0.4, -0.2) is 61.9 Å². The lowest BCUT2D eigenvalue weighted by Gasteiger charge is -2.35. The van der Waals surface area contributed by atoms with Gasteiger partial charge in [-0.2, -0.15) is 0 Å². The van der Waals surface area contributed by atoms with Gasteiger partial charge in [-0.15, -0.1) is 5.10 Å². The summed E-state index contributed by atoms with van der Waals surface area (Å²) in [6.45, 7) is 6.04. The lowest BCUT2D eigenvalue weighted by molar-refractivity contribution is -0.385. The Morgan fingerprint density at radius 3 is 2.33 bits per heavy atom. The number of nitrogens with zero attached hydrogens (tertiary/aromatic N) is 7. The Kier molecular flexibility index (Phi) is 5.13. The molecule has 0 aliphatic carbocycles. The minimum absolute atomic E-state index is 0.0419. The second kappa shape index (κ2) is 7.90. The van der Waals surface area contributed by atoms with Gasteiger partial charge in [0, 0.05) is 32.2 Å². The molecule has 1 aromatic carbocycles. The number of anilines is 1. The van der Waals surface area contributed by atoms with Gasteiger partial charge in [0.15, 0.2) is 5.69 Å². The zero-order chi connectivity index (χ0) is 21.3. The number of hydrogen-bond acceptors (Lipinski definition) is 7. The minimum Gasteiger partial charge on any atom is -0.353 e. The number of carbonyl (C=O) groups excluding carboxylic acids is 1. The van der Waals surface area contributed by atoms with E-state index in [1.54, 1.807) is 15.6 Å². The molecule has 154 valence electrons. The van der Waals surface area contributed by atoms with Crippen molar-refractivity contribution >= 4 is 17.4 Å². The summed E-state index contributed by atoms with van der Waals surface area (Å²) in [4.78, 5) is 31.2. The van der Waals surface area contributed by atoms with Crippen LogP contribution in [0.15, 0.2) is 42.6 Å². The molecule has 0 atom stereocenters. The normalized spacial score (nSPS) is 14.1. The van der Waals surface area contributed by atoms with Crippen LogP contribution in [-0.2, 0) is 0 Å². The van der Waals surface area contributed by atoms with E-state index in [1.165, 1.54) is 12.3 Å². The van der Waals surface area contributed by atoms with E-state index in [0.29, 0.717) is 43.4 Å². The highest BCUT2D eigenvalue weighted by molar-refractivity contribution is 5.93. The van der Waals surface area contributed by atoms with Gasteiger partial charge >= 0.3 is 0 Å². The summed E-state index contributed by atoms with van der Waals surface area (Å²) in [5, 5.41) is 19.1. The summed E-state index contributed by atoms with van der Waals surface area (Å²) in [7, 11) is 0. The average molecular weight is 407 g/mol. The van der Waals surface area contributed by atoms with E-state index >= 15 is 0 Å². The van der Waals surface area contributed by atoms with Gasteiger partial charge in [0.2, 0.25) is 0 Å². The molecule has 1 amide bonds. The third kappa shape index (κ3) is 3.71. The number of rotatable bonds is 4. The molecular formula is C20H21N7O3. The molecule has 0 unspecified atom stereocenters. The molecule has 3 heterocycles. The first-order chi connectivity index (χ1) is 14.4. The van der Waals surface area contributed by atoms with Crippen molar-refractivity contribution in [3.05, 3.63) is 69.7 Å². The Morgan fingerprint density at radius 2 is 1.73 bits per heavy atom. The largest absolute Gasteiger partial charge is 0.353 e. The highest BCUT2D eigenvalue weighted by Crippen LogP contribution is 2.19. The Balaban J connectivity index is 1.43. The lowest BCUT2D eigenvalue weighted by Crippen LogP contribution is -2.49. The van der Waals surface area contributed by atoms with Gasteiger partial charge < -0.3 is 9.80 Å². The number of aromatic nitrogens is 4. The van der Waals surface area contributed by atoms with Gasteiger partial charge in [-0.3, -0.25) is 14.9 Å². The van der Waals surface area contributed by atoms with Gasteiger partial charge in [-0.25, -0.2) is 9.67 Å². The van der Waals surface area contributed by atoms with E-state index in [2.05, 4.69) is 15.3 Å². The molecular weight excluding hydrogens is 386 g/mol. The maximum Gasteiger partial charge on any atom is 0.287 e. The van der Waals surface area contributed by atoms with Crippen molar-refractivity contribution in [3.63, 3.8) is 0 Å². The number of carbonyl (C=O) groups is 1. The highest BCUT2D eigenvalue weighted by Gasteiger charge is 2.27. The number of pyridine rings is 1. The molecule has 1 fully saturated rings. The molecule has 0 saturated carbocycles. The predicted octanol–water partition coefficient (Wildman–Crippen LogP) is 2.15. The summed E-state index contributed by atoms with van der Waals surface area (Å²) in [6.07, 6.45) is 1.25. The van der Waals surface area contributed by atoms with E-state index in [-0.39, 0.29) is 11.6 Å². The van der Waals surface area contributed by atoms with Crippen LogP contribution in [0.25, 0.3) is 5.69 Å². The van der Waals surface area contributed by atoms with E-state index in [0.717, 1.165) is 11.3 Å². The fourth-order valence-corrected chi connectivity index (χ4v) is 3.42. The quantitative estimate of drug-likeness (QED) is 0.481. The van der Waals surface area contributed by atoms with Crippen molar-refractivity contribution in [2.75, 3.05) is 31.1 Å². The number of hydrogen-bond donors (Lipinski definition) is 0. The molecule has 0 bridgehead atoms. The van der Waals surface area contributed by atoms with Crippen LogP contribution in [0.4, 0.5) is 11.5 Å². The molecule has 0 spiro atoms. The Bertz CT molecular complexity index is 1070. The molecule has 1 saturated heterocycles. The van der Waals surface area contributed by atoms with E-state index in [1.807, 2.05) is 43.0 Å². The number of nitro groups is 1. The average Bonchev–Trinajstić information content (AvgIpc) is 3.15. The molecule has 3 aromatic rings. The van der Waals surface area contributed by atoms with E-state index < -0.39 is 4.92 Å². The van der Waals surface area contributed by atoms with Crippen LogP contribution < -0.4 is 4.90 Å². The summed E-state index contributed by atoms with van der Waals surface area (Å²) < 4.78 is 1.67. The number of aryl methyl sites for hydroxylation is 1. The molecule has 0 radical (unpaired) electrons. The van der Waals surface area contributed by atoms with Gasteiger partial charge in [0.25, 0.3) is 11.6 Å². The van der Waals surface area contributed by atoms with Crippen LogP contribution in [0.2, 0.25) is 0 Å². The van der Waals surface area contributed by atoms with Crippen molar-refractivity contribution in [1.82, 2.24) is 24.9 Å². The van der Waals surface area contributed by atoms with E-state index in [4.69, 9.17) is 0 Å². The zero-order valence-electron chi connectivity index (χ0n) is 16.7. The predicted molar refractivity (Wildman–Crippen MR) is 110 cm³/mol. The first-order valence-electron chi connectivity index (χ1n) is 9.58. The van der Waals surface area contributed by atoms with Crippen LogP contribution in [0, 0.1) is 24.0 Å². The third-order valence-electron chi connectivity index (χ3n) is 5.21. The van der Waals surface area contributed by atoms with Gasteiger partial charge in [0.05, 0.1) is 16.3 Å². The fourth-order valence-electron chi connectivity index (χ4n) is 3.42. The second-order valence-corrected chi connectivity index (χ2v) is 7.18. The molecule has 1 aliphatic heterocycles. The molecule has 1 aliphatic rings. The van der Waals surface area contributed by atoms with Crippen molar-refractivity contribution in [2.24, 2.45) is 0 Å². The fraction of sp³-hybridized carbons (Fsp3) is 0.300. The number of benzene rings is 1. The van der Waals surface area contributed by atoms with Crippen molar-refractivity contribution in [2.45, 2.75) is 13.8 Å². The smallest absolute Gasteiger partial charge is 0.287 e. The summed E-state index contributed by atoms with van der Waals surface area (Å²) in [5.41, 5.74) is 3.01. The molecule has 4 rings (SSSR count). The van der Waals surface area contributed by atoms with Gasteiger partial charge in [-0.1, -0.05) is 22.9 Å². The topological polar surface area (TPSA) is 110 Å². The molecule has 30 heavy (non-hydrogen) atoms. The summed E-state index contributed by atoms with van der Waals surface area (Å²) in [6, 6.07) is 10.9. The van der Waals surface area contributed by atoms with Crippen LogP contribution in [0.1, 0.15) is 21.7 Å². The van der Waals surface area contributed by atoms with E-state index in [9.17, 15) is 14.9 Å². The molecule has 10 heteroatoms. The number of piperazine rings is 1. The monoisotopic (exact) mass is 407 g/mol. The lowest BCUT2D eigenvalue weighted by atomic mass is 10.2. The zero-order valence-corrected chi connectivity index (χ0v) is 16.7. The first kappa shape index (κ1) is 19.5. The molecule has 2 aromatic heterocycles. The van der Waals surface area contributed by atoms with Crippen molar-refractivity contribution < 1.29 is 9.72 Å². The third-order valence-corrected chi connectivity index (χ3v) is 5.21. The SMILES string of the molecule is Cc1ccc(-n2nnc(C(=O)N3CCN(c4ccc([N+](=O)[O-])cn4)CC3)c2C)cc1. The molecule has 10 nitrogen and oxygen atoms in total. The van der Waals surface area contributed by atoms with Crippen molar-refractivity contribution in [1.29, 1.82) is 0 Å². The first-order valence-corrected chi connectivity index (χ1v) is 9.58. The highest BCUT2D eigenvalue weighted by atomic mass is 16.6. The van der Waals surface area contributed by atoms with Crippen molar-refractivity contribution in [3.8, 4) is 5.69 Å². The Labute approximate surface area is 172 Å². The van der Waals surface area contributed by atoms with Crippen LogP contribution in [0.5, 0.6) is 0 Å². The van der Waals surface area contributed by atoms with Crippen LogP contribution in [0.3, 0.4) is 0 Å². The van der Waals surface area contributed by atoms with Gasteiger partial charge in [0.1, 0.15) is 12.0 Å². The van der Waals surface area contributed by atoms with Gasteiger partial charge in [-0.05, 0) is 32.0 Å². The second-order valence-electron chi connectivity index (χ2n) is 7.18.